The minimum atomic E-state index is -4.58. The number of aromatic nitrogens is 1. The molecule has 0 fully saturated rings. The monoisotopic (exact) mass is 424 g/mol. The Bertz CT molecular complexity index is 860. The van der Waals surface area contributed by atoms with Crippen LogP contribution in [0.1, 0.15) is 36.0 Å². The first-order valence-electron chi connectivity index (χ1n) is 9.31. The molecule has 2 amide bonds. The van der Waals surface area contributed by atoms with E-state index in [1.807, 2.05) is 37.3 Å². The van der Waals surface area contributed by atoms with E-state index in [-0.39, 0.29) is 36.9 Å². The number of carbonyl (C=O) groups is 2. The average molecular weight is 424 g/mol. The average Bonchev–Trinajstić information content (AvgIpc) is 2.70. The molecule has 0 aliphatic heterocycles. The molecule has 10 heteroatoms. The van der Waals surface area contributed by atoms with Gasteiger partial charge in [0.2, 0.25) is 5.91 Å². The maximum Gasteiger partial charge on any atom is 0.417 e. The zero-order valence-corrected chi connectivity index (χ0v) is 16.3. The third-order valence-electron chi connectivity index (χ3n) is 4.37. The lowest BCUT2D eigenvalue weighted by molar-refractivity contribution is -0.137. The number of alkyl halides is 3. The number of nitrogens with zero attached hydrogens (tertiary/aromatic N) is 1. The Morgan fingerprint density at radius 3 is 2.43 bits per heavy atom. The normalized spacial score (nSPS) is 12.1. The van der Waals surface area contributed by atoms with E-state index < -0.39 is 23.8 Å². The largest absolute Gasteiger partial charge is 0.465 e. The molecule has 0 saturated carbocycles. The molecule has 0 saturated heterocycles. The van der Waals surface area contributed by atoms with Gasteiger partial charge in [0, 0.05) is 31.4 Å². The number of halogens is 3. The highest BCUT2D eigenvalue weighted by atomic mass is 19.4. The lowest BCUT2D eigenvalue weighted by Gasteiger charge is -2.18. The number of anilines is 1. The molecule has 1 aromatic heterocycles. The van der Waals surface area contributed by atoms with Gasteiger partial charge in [-0.25, -0.2) is 9.78 Å². The molecule has 1 atom stereocenters. The van der Waals surface area contributed by atoms with Gasteiger partial charge in [-0.15, -0.1) is 0 Å². The fourth-order valence-corrected chi connectivity index (χ4v) is 2.87. The standard InChI is InChI=1S/C20H23F3N4O3/c1-2-16(13-6-4-3-5-7-13)18(28)27-11-14-10-15(20(21,22)23)12-26-17(14)24-8-9-25-19(29)30/h3-7,10,12,16,25H,2,8-9,11H2,1H3,(H,24,26)(H,27,28)(H,29,30)/t16-/m0/s1. The molecule has 0 aliphatic carbocycles. The molecule has 0 spiro atoms. The fourth-order valence-electron chi connectivity index (χ4n) is 2.87. The Morgan fingerprint density at radius 1 is 1.13 bits per heavy atom. The summed E-state index contributed by atoms with van der Waals surface area (Å²) in [6.45, 7) is 1.85. The summed E-state index contributed by atoms with van der Waals surface area (Å²) in [6.07, 6.45) is -4.57. The van der Waals surface area contributed by atoms with Crippen LogP contribution in [0.3, 0.4) is 0 Å². The predicted octanol–water partition coefficient (Wildman–Crippen LogP) is 3.59. The highest BCUT2D eigenvalue weighted by Gasteiger charge is 2.31. The molecular weight excluding hydrogens is 401 g/mol. The van der Waals surface area contributed by atoms with Crippen LogP contribution in [-0.2, 0) is 17.5 Å². The minimum absolute atomic E-state index is 0.0375. The second-order valence-electron chi connectivity index (χ2n) is 6.48. The molecule has 0 aliphatic rings. The Hall–Kier alpha value is -3.30. The summed E-state index contributed by atoms with van der Waals surface area (Å²) in [6, 6.07) is 10.0. The molecule has 0 radical (unpaired) electrons. The summed E-state index contributed by atoms with van der Waals surface area (Å²) in [5, 5.41) is 16.2. The minimum Gasteiger partial charge on any atom is -0.465 e. The maximum atomic E-state index is 13.1. The Kier molecular flexibility index (Phi) is 8.02. The highest BCUT2D eigenvalue weighted by molar-refractivity contribution is 5.83. The van der Waals surface area contributed by atoms with Crippen LogP contribution in [0.5, 0.6) is 0 Å². The molecule has 30 heavy (non-hydrogen) atoms. The summed E-state index contributed by atoms with van der Waals surface area (Å²) in [7, 11) is 0. The smallest absolute Gasteiger partial charge is 0.417 e. The Labute approximate surface area is 171 Å². The number of pyridine rings is 1. The molecule has 4 N–H and O–H groups in total. The van der Waals surface area contributed by atoms with E-state index in [9.17, 15) is 22.8 Å². The number of carbonyl (C=O) groups excluding carboxylic acids is 1. The van der Waals surface area contributed by atoms with Crippen molar-refractivity contribution >= 4 is 17.8 Å². The second kappa shape index (κ2) is 10.5. The number of hydrogen-bond donors (Lipinski definition) is 4. The van der Waals surface area contributed by atoms with Gasteiger partial charge in [-0.1, -0.05) is 37.3 Å². The highest BCUT2D eigenvalue weighted by Crippen LogP contribution is 2.30. The fraction of sp³-hybridized carbons (Fsp3) is 0.350. The number of amides is 2. The lowest BCUT2D eigenvalue weighted by Crippen LogP contribution is -2.30. The SMILES string of the molecule is CC[C@H](C(=O)NCc1cc(C(F)(F)F)cnc1NCCNC(=O)O)c1ccccc1. The zero-order valence-electron chi connectivity index (χ0n) is 16.3. The Morgan fingerprint density at radius 2 is 1.83 bits per heavy atom. The summed E-state index contributed by atoms with van der Waals surface area (Å²) in [4.78, 5) is 26.9. The van der Waals surface area contributed by atoms with Gasteiger partial charge >= 0.3 is 12.3 Å². The maximum absolute atomic E-state index is 13.1. The van der Waals surface area contributed by atoms with Gasteiger partial charge in [-0.05, 0) is 18.1 Å². The van der Waals surface area contributed by atoms with Crippen molar-refractivity contribution in [2.45, 2.75) is 32.0 Å². The van der Waals surface area contributed by atoms with E-state index in [1.54, 1.807) is 0 Å². The van der Waals surface area contributed by atoms with E-state index in [0.29, 0.717) is 12.6 Å². The first-order valence-corrected chi connectivity index (χ1v) is 9.31. The van der Waals surface area contributed by atoms with Gasteiger partial charge < -0.3 is 21.1 Å². The van der Waals surface area contributed by atoms with Crippen LogP contribution >= 0.6 is 0 Å². The van der Waals surface area contributed by atoms with Crippen molar-refractivity contribution in [1.29, 1.82) is 0 Å². The molecule has 0 bridgehead atoms. The first kappa shape index (κ1) is 23.0. The van der Waals surface area contributed by atoms with Gasteiger partial charge in [0.1, 0.15) is 5.82 Å². The van der Waals surface area contributed by atoms with Crippen LogP contribution in [0, 0.1) is 0 Å². The van der Waals surface area contributed by atoms with E-state index in [0.717, 1.165) is 11.6 Å². The van der Waals surface area contributed by atoms with Crippen molar-refractivity contribution in [3.8, 4) is 0 Å². The summed E-state index contributed by atoms with van der Waals surface area (Å²) in [5.41, 5.74) is 0.0326. The topological polar surface area (TPSA) is 103 Å². The van der Waals surface area contributed by atoms with Crippen molar-refractivity contribution in [3.05, 3.63) is 59.3 Å². The number of rotatable bonds is 9. The van der Waals surface area contributed by atoms with Crippen molar-refractivity contribution in [3.63, 3.8) is 0 Å². The predicted molar refractivity (Wildman–Crippen MR) is 105 cm³/mol. The molecule has 0 unspecified atom stereocenters. The number of nitrogens with one attached hydrogen (secondary N) is 3. The van der Waals surface area contributed by atoms with Crippen molar-refractivity contribution in [1.82, 2.24) is 15.6 Å². The lowest BCUT2D eigenvalue weighted by atomic mass is 9.95. The molecule has 2 aromatic rings. The number of benzene rings is 1. The number of hydrogen-bond acceptors (Lipinski definition) is 4. The van der Waals surface area contributed by atoms with E-state index >= 15 is 0 Å². The van der Waals surface area contributed by atoms with Crippen LogP contribution < -0.4 is 16.0 Å². The van der Waals surface area contributed by atoms with Crippen LogP contribution in [-0.4, -0.2) is 35.2 Å². The van der Waals surface area contributed by atoms with Gasteiger partial charge in [0.15, 0.2) is 0 Å². The summed E-state index contributed by atoms with van der Waals surface area (Å²) in [5.74, 6) is -0.594. The van der Waals surface area contributed by atoms with Crippen molar-refractivity contribution in [2.75, 3.05) is 18.4 Å². The summed E-state index contributed by atoms with van der Waals surface area (Å²) < 4.78 is 39.2. The summed E-state index contributed by atoms with van der Waals surface area (Å²) >= 11 is 0. The number of carboxylic acid groups (broad SMARTS) is 1. The van der Waals surface area contributed by atoms with E-state index in [4.69, 9.17) is 5.11 Å². The zero-order chi connectivity index (χ0) is 22.1. The first-order chi connectivity index (χ1) is 14.2. The second-order valence-corrected chi connectivity index (χ2v) is 6.48. The van der Waals surface area contributed by atoms with Crippen molar-refractivity contribution in [2.24, 2.45) is 0 Å². The molecule has 2 rings (SSSR count). The van der Waals surface area contributed by atoms with E-state index in [1.165, 1.54) is 0 Å². The van der Waals surface area contributed by atoms with Gasteiger partial charge in [0.05, 0.1) is 11.5 Å². The van der Waals surface area contributed by atoms with E-state index in [2.05, 4.69) is 20.9 Å². The third kappa shape index (κ3) is 6.64. The third-order valence-corrected chi connectivity index (χ3v) is 4.37. The molecular formula is C20H23F3N4O3. The van der Waals surface area contributed by atoms with Crippen LogP contribution in [0.4, 0.5) is 23.8 Å². The van der Waals surface area contributed by atoms with Gasteiger partial charge in [-0.3, -0.25) is 4.79 Å². The molecule has 1 aromatic carbocycles. The molecule has 1 heterocycles. The Balaban J connectivity index is 2.14. The van der Waals surface area contributed by atoms with Crippen molar-refractivity contribution < 1.29 is 27.9 Å². The quantitative estimate of drug-likeness (QED) is 0.461. The van der Waals surface area contributed by atoms with Gasteiger partial charge in [0.25, 0.3) is 0 Å². The van der Waals surface area contributed by atoms with Crippen LogP contribution in [0.15, 0.2) is 42.6 Å². The molecule has 162 valence electrons. The molecule has 7 nitrogen and oxygen atoms in total. The van der Waals surface area contributed by atoms with Crippen LogP contribution in [0.25, 0.3) is 0 Å². The van der Waals surface area contributed by atoms with Gasteiger partial charge in [-0.2, -0.15) is 13.2 Å². The van der Waals surface area contributed by atoms with Crippen LogP contribution in [0.2, 0.25) is 0 Å².